The summed E-state index contributed by atoms with van der Waals surface area (Å²) < 4.78 is 6.73. The van der Waals surface area contributed by atoms with Crippen molar-refractivity contribution in [2.75, 3.05) is 6.61 Å². The molecular formula is C12H14BrNOS. The van der Waals surface area contributed by atoms with Gasteiger partial charge in [-0.25, -0.2) is 0 Å². The Hall–Kier alpha value is -0.610. The first kappa shape index (κ1) is 11.9. The van der Waals surface area contributed by atoms with Gasteiger partial charge in [-0.2, -0.15) is 0 Å². The fourth-order valence-corrected chi connectivity index (χ4v) is 2.21. The second kappa shape index (κ2) is 5.15. The first-order valence-electron chi connectivity index (χ1n) is 5.39. The smallest absolute Gasteiger partial charge is 0.129 e. The number of hydrogen-bond acceptors (Lipinski definition) is 2. The Balaban J connectivity index is 2.08. The monoisotopic (exact) mass is 299 g/mol. The van der Waals surface area contributed by atoms with Crippen LogP contribution in [0.25, 0.3) is 0 Å². The third kappa shape index (κ3) is 2.74. The van der Waals surface area contributed by atoms with Gasteiger partial charge in [0.2, 0.25) is 0 Å². The lowest BCUT2D eigenvalue weighted by Gasteiger charge is -2.25. The molecule has 0 aliphatic heterocycles. The molecule has 0 aromatic heterocycles. The van der Waals surface area contributed by atoms with Crippen molar-refractivity contribution in [2.24, 2.45) is 11.7 Å². The minimum atomic E-state index is 0.380. The van der Waals surface area contributed by atoms with Crippen LogP contribution in [0.15, 0.2) is 22.7 Å². The number of hydrogen-bond donors (Lipinski definition) is 1. The summed E-state index contributed by atoms with van der Waals surface area (Å²) in [5.41, 5.74) is 6.48. The number of halogens is 1. The predicted molar refractivity (Wildman–Crippen MR) is 72.9 cm³/mol. The van der Waals surface area contributed by atoms with Gasteiger partial charge in [0.25, 0.3) is 0 Å². The maximum Gasteiger partial charge on any atom is 0.129 e. The fourth-order valence-electron chi connectivity index (χ4n) is 1.69. The molecule has 0 heterocycles. The van der Waals surface area contributed by atoms with Gasteiger partial charge in [-0.3, -0.25) is 0 Å². The highest BCUT2D eigenvalue weighted by molar-refractivity contribution is 9.10. The maximum atomic E-state index is 5.77. The van der Waals surface area contributed by atoms with Crippen molar-refractivity contribution in [3.8, 4) is 5.75 Å². The van der Waals surface area contributed by atoms with Crippen LogP contribution in [0.4, 0.5) is 0 Å². The van der Waals surface area contributed by atoms with E-state index >= 15 is 0 Å². The first-order valence-corrected chi connectivity index (χ1v) is 6.59. The lowest BCUT2D eigenvalue weighted by Crippen LogP contribution is -2.20. The molecule has 4 heteroatoms. The topological polar surface area (TPSA) is 35.2 Å². The zero-order chi connectivity index (χ0) is 11.5. The second-order valence-corrected chi connectivity index (χ2v) is 5.47. The lowest BCUT2D eigenvalue weighted by molar-refractivity contribution is 0.180. The van der Waals surface area contributed by atoms with E-state index in [-0.39, 0.29) is 0 Å². The number of benzene rings is 1. The van der Waals surface area contributed by atoms with Crippen LogP contribution in [0.1, 0.15) is 24.8 Å². The Kier molecular flexibility index (Phi) is 3.82. The molecule has 1 fully saturated rings. The van der Waals surface area contributed by atoms with Crippen molar-refractivity contribution in [1.82, 2.24) is 0 Å². The van der Waals surface area contributed by atoms with Gasteiger partial charge in [-0.1, -0.05) is 34.6 Å². The van der Waals surface area contributed by atoms with Gasteiger partial charge in [0, 0.05) is 4.47 Å². The molecule has 1 saturated carbocycles. The number of ether oxygens (including phenoxy) is 1. The number of nitrogens with two attached hydrogens (primary N) is 1. The molecule has 1 aromatic carbocycles. The van der Waals surface area contributed by atoms with Crippen molar-refractivity contribution in [1.29, 1.82) is 0 Å². The van der Waals surface area contributed by atoms with E-state index in [1.165, 1.54) is 19.3 Å². The Bertz CT molecular complexity index is 404. The number of rotatable bonds is 4. The van der Waals surface area contributed by atoms with Crippen LogP contribution >= 0.6 is 28.1 Å². The minimum Gasteiger partial charge on any atom is -0.493 e. The molecule has 0 radical (unpaired) electrons. The quantitative estimate of drug-likeness (QED) is 0.867. The van der Waals surface area contributed by atoms with E-state index in [4.69, 9.17) is 22.7 Å². The molecule has 0 atom stereocenters. The summed E-state index contributed by atoms with van der Waals surface area (Å²) >= 11 is 8.41. The highest BCUT2D eigenvalue weighted by atomic mass is 79.9. The van der Waals surface area contributed by atoms with Crippen LogP contribution in [0.3, 0.4) is 0 Å². The van der Waals surface area contributed by atoms with Gasteiger partial charge in [0.05, 0.1) is 12.2 Å². The van der Waals surface area contributed by atoms with E-state index in [1.54, 1.807) is 0 Å². The van der Waals surface area contributed by atoms with Crippen LogP contribution in [-0.4, -0.2) is 11.6 Å². The van der Waals surface area contributed by atoms with Crippen LogP contribution in [0, 0.1) is 5.92 Å². The zero-order valence-corrected chi connectivity index (χ0v) is 11.3. The predicted octanol–water partition coefficient (Wildman–Crippen LogP) is 3.26. The van der Waals surface area contributed by atoms with Gasteiger partial charge < -0.3 is 10.5 Å². The summed E-state index contributed by atoms with van der Waals surface area (Å²) in [5.74, 6) is 1.51. The maximum absolute atomic E-state index is 5.77. The highest BCUT2D eigenvalue weighted by Crippen LogP contribution is 2.29. The minimum absolute atomic E-state index is 0.380. The SMILES string of the molecule is NC(=S)c1cc(Br)ccc1OCC1CCC1. The van der Waals surface area contributed by atoms with Crippen molar-refractivity contribution in [3.05, 3.63) is 28.2 Å². The van der Waals surface area contributed by atoms with Crippen molar-refractivity contribution >= 4 is 33.1 Å². The molecule has 2 nitrogen and oxygen atoms in total. The highest BCUT2D eigenvalue weighted by Gasteiger charge is 2.18. The molecule has 1 aromatic rings. The van der Waals surface area contributed by atoms with Crippen molar-refractivity contribution < 1.29 is 4.74 Å². The van der Waals surface area contributed by atoms with E-state index in [0.717, 1.165) is 22.4 Å². The summed E-state index contributed by atoms with van der Waals surface area (Å²) in [5, 5.41) is 0. The average Bonchev–Trinajstić information content (AvgIpc) is 2.17. The Morgan fingerprint density at radius 1 is 1.50 bits per heavy atom. The fraction of sp³-hybridized carbons (Fsp3) is 0.417. The van der Waals surface area contributed by atoms with E-state index < -0.39 is 0 Å². The van der Waals surface area contributed by atoms with Gasteiger partial charge in [-0.05, 0) is 37.0 Å². The van der Waals surface area contributed by atoms with Crippen LogP contribution in [0.5, 0.6) is 5.75 Å². The van der Waals surface area contributed by atoms with Crippen LogP contribution in [-0.2, 0) is 0 Å². The Morgan fingerprint density at radius 3 is 2.81 bits per heavy atom. The molecular weight excluding hydrogens is 286 g/mol. The normalized spacial score (nSPS) is 15.6. The van der Waals surface area contributed by atoms with Crippen LogP contribution in [0.2, 0.25) is 0 Å². The third-order valence-corrected chi connectivity index (χ3v) is 3.62. The molecule has 0 spiro atoms. The molecule has 2 N–H and O–H groups in total. The largest absolute Gasteiger partial charge is 0.493 e. The van der Waals surface area contributed by atoms with E-state index in [1.807, 2.05) is 18.2 Å². The summed E-state index contributed by atoms with van der Waals surface area (Å²) in [6.45, 7) is 0.775. The summed E-state index contributed by atoms with van der Waals surface area (Å²) in [6, 6.07) is 5.76. The molecule has 86 valence electrons. The Morgan fingerprint density at radius 2 is 2.25 bits per heavy atom. The van der Waals surface area contributed by atoms with Crippen molar-refractivity contribution in [2.45, 2.75) is 19.3 Å². The van der Waals surface area contributed by atoms with E-state index in [0.29, 0.717) is 10.9 Å². The van der Waals surface area contributed by atoms with E-state index in [2.05, 4.69) is 15.9 Å². The molecule has 16 heavy (non-hydrogen) atoms. The average molecular weight is 300 g/mol. The molecule has 0 amide bonds. The molecule has 0 bridgehead atoms. The standard InChI is InChI=1S/C12H14BrNOS/c13-9-4-5-11(10(6-9)12(14)16)15-7-8-2-1-3-8/h4-6,8H,1-3,7H2,(H2,14,16). The van der Waals surface area contributed by atoms with Gasteiger partial charge in [0.1, 0.15) is 10.7 Å². The summed E-state index contributed by atoms with van der Waals surface area (Å²) in [6.07, 6.45) is 3.88. The molecule has 2 rings (SSSR count). The first-order chi connectivity index (χ1) is 7.66. The lowest BCUT2D eigenvalue weighted by atomic mass is 9.86. The second-order valence-electron chi connectivity index (χ2n) is 4.11. The number of thiocarbonyl (C=S) groups is 1. The Labute approximate surface area is 109 Å². The molecule has 1 aliphatic carbocycles. The van der Waals surface area contributed by atoms with Crippen LogP contribution < -0.4 is 10.5 Å². The zero-order valence-electron chi connectivity index (χ0n) is 8.91. The van der Waals surface area contributed by atoms with Gasteiger partial charge in [-0.15, -0.1) is 0 Å². The van der Waals surface area contributed by atoms with Crippen molar-refractivity contribution in [3.63, 3.8) is 0 Å². The molecule has 1 aliphatic rings. The third-order valence-electron chi connectivity index (χ3n) is 2.91. The molecule has 0 unspecified atom stereocenters. The summed E-state index contributed by atoms with van der Waals surface area (Å²) in [4.78, 5) is 0.380. The summed E-state index contributed by atoms with van der Waals surface area (Å²) in [7, 11) is 0. The van der Waals surface area contributed by atoms with Gasteiger partial charge in [0.15, 0.2) is 0 Å². The molecule has 0 saturated heterocycles. The van der Waals surface area contributed by atoms with E-state index in [9.17, 15) is 0 Å². The van der Waals surface area contributed by atoms with Gasteiger partial charge >= 0.3 is 0 Å².